The van der Waals surface area contributed by atoms with Crippen LogP contribution in [-0.2, 0) is 25.6 Å². The first-order valence-corrected chi connectivity index (χ1v) is 7.05. The van der Waals surface area contributed by atoms with Crippen LogP contribution < -0.4 is 0 Å². The van der Waals surface area contributed by atoms with E-state index < -0.39 is 0 Å². The molecule has 0 N–H and O–H groups in total. The Morgan fingerprint density at radius 1 is 1.33 bits per heavy atom. The Morgan fingerprint density at radius 3 is 2.76 bits per heavy atom. The summed E-state index contributed by atoms with van der Waals surface area (Å²) in [6, 6.07) is 0. The summed E-state index contributed by atoms with van der Waals surface area (Å²) in [7, 11) is 1.48. The van der Waals surface area contributed by atoms with Gasteiger partial charge >= 0.3 is 5.97 Å². The third kappa shape index (κ3) is 6.89. The lowest BCUT2D eigenvalue weighted by Gasteiger charge is -2.22. The average Bonchev–Trinajstić information content (AvgIpc) is 2.96. The maximum Gasteiger partial charge on any atom is 0.307 e. The van der Waals surface area contributed by atoms with Gasteiger partial charge in [0.1, 0.15) is 6.61 Å². The van der Waals surface area contributed by atoms with Gasteiger partial charge in [-0.2, -0.15) is 0 Å². The lowest BCUT2D eigenvalue weighted by atomic mass is 10.3. The highest BCUT2D eigenvalue weighted by Gasteiger charge is 2.15. The molecule has 1 rings (SSSR count). The van der Waals surface area contributed by atoms with E-state index in [0.29, 0.717) is 19.7 Å². The monoisotopic (exact) mass is 297 g/mol. The van der Waals surface area contributed by atoms with Gasteiger partial charge in [-0.05, 0) is 13.3 Å². The number of nitrogens with zero attached hydrogens (tertiary/aromatic N) is 3. The molecule has 0 atom stereocenters. The van der Waals surface area contributed by atoms with Crippen molar-refractivity contribution >= 4 is 11.9 Å². The molecule has 0 aromatic carbocycles. The summed E-state index contributed by atoms with van der Waals surface area (Å²) in [5.41, 5.74) is 0. The van der Waals surface area contributed by atoms with Crippen molar-refractivity contribution in [3.63, 3.8) is 0 Å². The van der Waals surface area contributed by atoms with E-state index in [4.69, 9.17) is 9.47 Å². The zero-order chi connectivity index (χ0) is 15.5. The van der Waals surface area contributed by atoms with Crippen LogP contribution in [0.4, 0.5) is 0 Å². The van der Waals surface area contributed by atoms with Gasteiger partial charge < -0.3 is 18.9 Å². The van der Waals surface area contributed by atoms with Crippen LogP contribution in [0.25, 0.3) is 0 Å². The van der Waals surface area contributed by atoms with Crippen LogP contribution in [0.1, 0.15) is 19.8 Å². The number of carbonyl (C=O) groups is 2. The van der Waals surface area contributed by atoms with Crippen molar-refractivity contribution in [1.29, 1.82) is 0 Å². The molecule has 0 bridgehead atoms. The van der Waals surface area contributed by atoms with Crippen molar-refractivity contribution in [2.24, 2.45) is 0 Å². The number of carbonyl (C=O) groups excluding carboxylic acids is 2. The highest BCUT2D eigenvalue weighted by atomic mass is 16.5. The minimum atomic E-state index is -0.290. The fraction of sp³-hybridized carbons (Fsp3) is 0.643. The van der Waals surface area contributed by atoms with E-state index in [-0.39, 0.29) is 24.9 Å². The highest BCUT2D eigenvalue weighted by Crippen LogP contribution is 2.00. The van der Waals surface area contributed by atoms with Crippen molar-refractivity contribution < 1.29 is 19.1 Å². The Labute approximate surface area is 124 Å². The fourth-order valence-corrected chi connectivity index (χ4v) is 1.90. The molecule has 118 valence electrons. The second-order valence-electron chi connectivity index (χ2n) is 4.52. The van der Waals surface area contributed by atoms with Crippen LogP contribution >= 0.6 is 0 Å². The van der Waals surface area contributed by atoms with E-state index in [0.717, 1.165) is 13.0 Å². The van der Waals surface area contributed by atoms with Crippen LogP contribution in [0.3, 0.4) is 0 Å². The van der Waals surface area contributed by atoms with Crippen molar-refractivity contribution in [2.45, 2.75) is 26.3 Å². The van der Waals surface area contributed by atoms with Crippen molar-refractivity contribution in [3.05, 3.63) is 18.7 Å². The molecule has 0 aliphatic carbocycles. The van der Waals surface area contributed by atoms with Crippen LogP contribution in [-0.4, -0.2) is 59.7 Å². The Balaban J connectivity index is 2.39. The van der Waals surface area contributed by atoms with Gasteiger partial charge in [0, 0.05) is 39.1 Å². The number of imidazole rings is 1. The topological polar surface area (TPSA) is 73.7 Å². The first-order chi connectivity index (χ1) is 10.2. The molecule has 0 saturated heterocycles. The molecule has 1 aromatic rings. The number of rotatable bonds is 10. The molecule has 0 saturated carbocycles. The van der Waals surface area contributed by atoms with Crippen LogP contribution in [0.2, 0.25) is 0 Å². The normalized spacial score (nSPS) is 10.4. The summed E-state index contributed by atoms with van der Waals surface area (Å²) in [4.78, 5) is 28.9. The molecular weight excluding hydrogens is 274 g/mol. The molecule has 1 amide bonds. The van der Waals surface area contributed by atoms with Gasteiger partial charge in [0.2, 0.25) is 5.91 Å². The molecule has 21 heavy (non-hydrogen) atoms. The minimum absolute atomic E-state index is 0.0217. The zero-order valence-electron chi connectivity index (χ0n) is 12.7. The van der Waals surface area contributed by atoms with Gasteiger partial charge in [-0.15, -0.1) is 0 Å². The number of methoxy groups -OCH3 is 1. The second kappa shape index (κ2) is 9.93. The standard InChI is InChI=1S/C14H23N3O4/c1-3-21-14(19)5-9-17(13(18)11-20-2)8-4-7-16-10-6-15-12-16/h6,10,12H,3-5,7-9,11H2,1-2H3. The summed E-state index contributed by atoms with van der Waals surface area (Å²) >= 11 is 0. The van der Waals surface area contributed by atoms with Crippen LogP contribution in [0.15, 0.2) is 18.7 Å². The first-order valence-electron chi connectivity index (χ1n) is 7.05. The number of hydrogen-bond donors (Lipinski definition) is 0. The first kappa shape index (κ1) is 17.2. The predicted octanol–water partition coefficient (Wildman–Crippen LogP) is 0.701. The van der Waals surface area contributed by atoms with Gasteiger partial charge in [-0.25, -0.2) is 4.98 Å². The molecular formula is C14H23N3O4. The van der Waals surface area contributed by atoms with Crippen LogP contribution in [0.5, 0.6) is 0 Å². The van der Waals surface area contributed by atoms with Gasteiger partial charge in [0.25, 0.3) is 0 Å². The molecule has 1 heterocycles. The molecule has 0 unspecified atom stereocenters. The van der Waals surface area contributed by atoms with Gasteiger partial charge in [0.05, 0.1) is 19.4 Å². The summed E-state index contributed by atoms with van der Waals surface area (Å²) in [5.74, 6) is -0.408. The molecule has 0 aliphatic heterocycles. The van der Waals surface area contributed by atoms with Gasteiger partial charge in [-0.1, -0.05) is 0 Å². The number of hydrogen-bond acceptors (Lipinski definition) is 5. The van der Waals surface area contributed by atoms with Crippen molar-refractivity contribution in [2.75, 3.05) is 33.4 Å². The van der Waals surface area contributed by atoms with Gasteiger partial charge in [-0.3, -0.25) is 9.59 Å². The van der Waals surface area contributed by atoms with E-state index in [2.05, 4.69) is 4.98 Å². The largest absolute Gasteiger partial charge is 0.466 e. The Morgan fingerprint density at radius 2 is 2.14 bits per heavy atom. The zero-order valence-corrected chi connectivity index (χ0v) is 12.7. The number of amides is 1. The fourth-order valence-electron chi connectivity index (χ4n) is 1.90. The van der Waals surface area contributed by atoms with E-state index >= 15 is 0 Å². The number of ether oxygens (including phenoxy) is 2. The third-order valence-electron chi connectivity index (χ3n) is 2.92. The SMILES string of the molecule is CCOC(=O)CCN(CCCn1ccnc1)C(=O)COC. The Kier molecular flexibility index (Phi) is 8.11. The Bertz CT molecular complexity index is 420. The highest BCUT2D eigenvalue weighted by molar-refractivity contribution is 5.78. The molecule has 0 spiro atoms. The summed E-state index contributed by atoms with van der Waals surface area (Å²) in [5, 5.41) is 0. The van der Waals surface area contributed by atoms with Crippen LogP contribution in [0, 0.1) is 0 Å². The minimum Gasteiger partial charge on any atom is -0.466 e. The maximum atomic E-state index is 11.9. The van der Waals surface area contributed by atoms with Crippen molar-refractivity contribution in [3.8, 4) is 0 Å². The van der Waals surface area contributed by atoms with E-state index in [1.54, 1.807) is 24.3 Å². The number of esters is 1. The average molecular weight is 297 g/mol. The quantitative estimate of drug-likeness (QED) is 0.594. The van der Waals surface area contributed by atoms with E-state index in [9.17, 15) is 9.59 Å². The predicted molar refractivity (Wildman–Crippen MR) is 76.6 cm³/mol. The lowest BCUT2D eigenvalue weighted by molar-refractivity contribution is -0.144. The number of aryl methyl sites for hydroxylation is 1. The van der Waals surface area contributed by atoms with E-state index in [1.807, 2.05) is 10.8 Å². The van der Waals surface area contributed by atoms with E-state index in [1.165, 1.54) is 7.11 Å². The maximum absolute atomic E-state index is 11.9. The third-order valence-corrected chi connectivity index (χ3v) is 2.92. The molecule has 0 fully saturated rings. The number of aromatic nitrogens is 2. The summed E-state index contributed by atoms with van der Waals surface area (Å²) in [6.07, 6.45) is 6.32. The summed E-state index contributed by atoms with van der Waals surface area (Å²) in [6.45, 7) is 3.83. The van der Waals surface area contributed by atoms with Crippen molar-refractivity contribution in [1.82, 2.24) is 14.5 Å². The molecule has 1 aromatic heterocycles. The van der Waals surface area contributed by atoms with Gasteiger partial charge in [0.15, 0.2) is 0 Å². The second-order valence-corrected chi connectivity index (χ2v) is 4.52. The molecule has 7 nitrogen and oxygen atoms in total. The Hall–Kier alpha value is -1.89. The smallest absolute Gasteiger partial charge is 0.307 e. The lowest BCUT2D eigenvalue weighted by Crippen LogP contribution is -2.36. The molecule has 0 aliphatic rings. The molecule has 0 radical (unpaired) electrons. The molecule has 7 heteroatoms. The summed E-state index contributed by atoms with van der Waals surface area (Å²) < 4.78 is 11.7.